The highest BCUT2D eigenvalue weighted by Crippen LogP contribution is 2.30. The number of nitrogens with one attached hydrogen (secondary N) is 1. The van der Waals surface area contributed by atoms with Gasteiger partial charge in [0.1, 0.15) is 11.9 Å². The fourth-order valence-electron chi connectivity index (χ4n) is 4.19. The Kier molecular flexibility index (Phi) is 7.23. The van der Waals surface area contributed by atoms with Crippen molar-refractivity contribution in [3.63, 3.8) is 0 Å². The standard InChI is InChI=1S/C29H20N4.ClHO4/c1-3-11-21(12-4-1)23-19-26(22-13-5-2-6-14-22)33(28-17-9-10-18-30-28)27(20-23)29-31-24-15-7-8-16-25(24)32-29;2-1(3,4)5/h1-20H;(H,2,3,4,5). The van der Waals surface area contributed by atoms with Crippen LogP contribution in [-0.2, 0) is 0 Å². The van der Waals surface area contributed by atoms with Gasteiger partial charge in [0.15, 0.2) is 11.5 Å². The molecule has 0 aliphatic carbocycles. The maximum Gasteiger partial charge on any atom is 0.328 e. The number of fused-ring (bicyclic) bond motifs is 1. The molecule has 0 saturated heterocycles. The molecule has 0 saturated carbocycles. The first-order chi connectivity index (χ1) is 18.4. The minimum absolute atomic E-state index is 0.803. The average Bonchev–Trinajstić information content (AvgIpc) is 3.37. The summed E-state index contributed by atoms with van der Waals surface area (Å²) in [5.74, 6) is 1.64. The summed E-state index contributed by atoms with van der Waals surface area (Å²) in [5.41, 5.74) is 7.32. The lowest BCUT2D eigenvalue weighted by Gasteiger charge is -2.17. The van der Waals surface area contributed by atoms with Gasteiger partial charge in [0.2, 0.25) is 0 Å². The molecule has 0 atom stereocenters. The van der Waals surface area contributed by atoms with Crippen LogP contribution in [0.1, 0.15) is 0 Å². The summed E-state index contributed by atoms with van der Waals surface area (Å²) in [6, 6.07) is 39.4. The van der Waals surface area contributed by atoms with Crippen molar-refractivity contribution >= 4 is 11.0 Å². The van der Waals surface area contributed by atoms with Gasteiger partial charge in [-0.3, -0.25) is 0 Å². The van der Waals surface area contributed by atoms with Crippen LogP contribution in [0.15, 0.2) is 121 Å². The summed E-state index contributed by atoms with van der Waals surface area (Å²) in [6.07, 6.45) is 1.82. The highest BCUT2D eigenvalue weighted by Gasteiger charge is 2.24. The SMILES string of the molecule is [O-][Cl+3]([O-])([O-])[O-].c1ccc(-c2cc(-c3ccccc3)[n+](-c3ccccn3)c(-c3nc4ccccc4[nH]3)c2)cc1. The van der Waals surface area contributed by atoms with E-state index in [-0.39, 0.29) is 0 Å². The smallest absolute Gasteiger partial charge is 0.328 e. The Hall–Kier alpha value is -4.44. The van der Waals surface area contributed by atoms with Gasteiger partial charge in [-0.25, -0.2) is 23.6 Å². The van der Waals surface area contributed by atoms with Crippen molar-refractivity contribution < 1.29 is 33.4 Å². The molecule has 9 heteroatoms. The number of aromatic nitrogens is 4. The van der Waals surface area contributed by atoms with Crippen molar-refractivity contribution in [2.45, 2.75) is 0 Å². The van der Waals surface area contributed by atoms with E-state index in [1.807, 2.05) is 54.7 Å². The summed E-state index contributed by atoms with van der Waals surface area (Å²) in [6.45, 7) is 0. The largest absolute Gasteiger partial charge is 0.335 e. The number of para-hydroxylation sites is 2. The maximum atomic E-state index is 8.49. The van der Waals surface area contributed by atoms with Crippen LogP contribution >= 0.6 is 0 Å². The number of pyridine rings is 2. The number of aromatic amines is 1. The summed E-state index contributed by atoms with van der Waals surface area (Å²) in [4.78, 5) is 13.2. The molecule has 0 spiro atoms. The van der Waals surface area contributed by atoms with E-state index in [0.717, 1.165) is 50.8 Å². The van der Waals surface area contributed by atoms with E-state index < -0.39 is 10.2 Å². The van der Waals surface area contributed by atoms with Crippen LogP contribution in [0.3, 0.4) is 0 Å². The number of hydrogen-bond acceptors (Lipinski definition) is 6. The number of benzene rings is 3. The third-order valence-corrected chi connectivity index (χ3v) is 5.75. The summed E-state index contributed by atoms with van der Waals surface area (Å²) < 4.78 is 36.2. The van der Waals surface area contributed by atoms with Crippen LogP contribution in [-0.4, -0.2) is 15.0 Å². The Bertz CT molecular complexity index is 1620. The van der Waals surface area contributed by atoms with Gasteiger partial charge >= 0.3 is 5.82 Å². The molecule has 3 aromatic heterocycles. The predicted molar refractivity (Wildman–Crippen MR) is 132 cm³/mol. The Morgan fingerprint density at radius 3 is 1.82 bits per heavy atom. The fourth-order valence-corrected chi connectivity index (χ4v) is 4.19. The lowest BCUT2D eigenvalue weighted by molar-refractivity contribution is -2.00. The van der Waals surface area contributed by atoms with Crippen LogP contribution in [0.4, 0.5) is 0 Å². The molecule has 38 heavy (non-hydrogen) atoms. The first-order valence-electron chi connectivity index (χ1n) is 11.6. The Morgan fingerprint density at radius 1 is 0.605 bits per heavy atom. The maximum absolute atomic E-state index is 8.49. The predicted octanol–water partition coefficient (Wildman–Crippen LogP) is 1.48. The molecule has 6 rings (SSSR count). The van der Waals surface area contributed by atoms with E-state index >= 15 is 0 Å². The molecule has 3 aromatic carbocycles. The zero-order valence-corrected chi connectivity index (χ0v) is 20.7. The molecule has 0 radical (unpaired) electrons. The molecule has 6 aromatic rings. The van der Waals surface area contributed by atoms with Crippen molar-refractivity contribution in [3.05, 3.63) is 121 Å². The highest BCUT2D eigenvalue weighted by molar-refractivity contribution is 5.80. The molecule has 1 N–H and O–H groups in total. The number of nitrogens with zero attached hydrogens (tertiary/aromatic N) is 3. The van der Waals surface area contributed by atoms with Gasteiger partial charge in [-0.2, -0.15) is 4.57 Å². The second kappa shape index (κ2) is 10.9. The van der Waals surface area contributed by atoms with Crippen molar-refractivity contribution in [3.8, 4) is 39.7 Å². The van der Waals surface area contributed by atoms with E-state index in [9.17, 15) is 0 Å². The highest BCUT2D eigenvalue weighted by atomic mass is 35.7. The van der Waals surface area contributed by atoms with Crippen molar-refractivity contribution in [1.29, 1.82) is 0 Å². The van der Waals surface area contributed by atoms with Crippen molar-refractivity contribution in [2.24, 2.45) is 0 Å². The third kappa shape index (κ3) is 5.92. The minimum Gasteiger partial charge on any atom is -0.335 e. The molecule has 188 valence electrons. The zero-order chi connectivity index (χ0) is 26.5. The van der Waals surface area contributed by atoms with Crippen molar-refractivity contribution in [2.75, 3.05) is 0 Å². The second-order valence-electron chi connectivity index (χ2n) is 8.25. The van der Waals surface area contributed by atoms with E-state index in [0.29, 0.717) is 0 Å². The van der Waals surface area contributed by atoms with Crippen LogP contribution in [0.25, 0.3) is 50.8 Å². The lowest BCUT2D eigenvalue weighted by atomic mass is 10.0. The molecule has 3 heterocycles. The van der Waals surface area contributed by atoms with Crippen LogP contribution in [0.2, 0.25) is 0 Å². The van der Waals surface area contributed by atoms with E-state index in [2.05, 4.69) is 76.3 Å². The molecule has 0 aliphatic heterocycles. The first-order valence-corrected chi connectivity index (χ1v) is 12.8. The number of rotatable bonds is 4. The number of halogens is 1. The number of hydrogen-bond donors (Lipinski definition) is 1. The van der Waals surface area contributed by atoms with E-state index in [1.165, 1.54) is 0 Å². The van der Waals surface area contributed by atoms with Crippen molar-refractivity contribution in [1.82, 2.24) is 15.0 Å². The first kappa shape index (κ1) is 25.2. The number of H-pyrrole nitrogens is 1. The normalized spacial score (nSPS) is 11.2. The molecule has 0 bridgehead atoms. The average molecular weight is 525 g/mol. The van der Waals surface area contributed by atoms with Gasteiger partial charge < -0.3 is 4.98 Å². The molecular weight excluding hydrogens is 504 g/mol. The van der Waals surface area contributed by atoms with Gasteiger partial charge in [-0.1, -0.05) is 78.9 Å². The van der Waals surface area contributed by atoms with Crippen LogP contribution in [0, 0.1) is 10.2 Å². The van der Waals surface area contributed by atoms with Gasteiger partial charge in [-0.15, -0.1) is 10.2 Å². The van der Waals surface area contributed by atoms with Gasteiger partial charge in [-0.05, 0) is 46.4 Å². The topological polar surface area (TPSA) is 138 Å². The lowest BCUT2D eigenvalue weighted by Crippen LogP contribution is -2.68. The van der Waals surface area contributed by atoms with Crippen LogP contribution in [0.5, 0.6) is 0 Å². The van der Waals surface area contributed by atoms with E-state index in [4.69, 9.17) is 28.6 Å². The molecule has 0 amide bonds. The van der Waals surface area contributed by atoms with E-state index in [1.54, 1.807) is 0 Å². The quantitative estimate of drug-likeness (QED) is 0.347. The second-order valence-corrected chi connectivity index (χ2v) is 9.01. The summed E-state index contributed by atoms with van der Waals surface area (Å²) in [5, 5.41) is 0. The summed E-state index contributed by atoms with van der Waals surface area (Å²) in [7, 11) is -4.94. The molecular formula is C29H21ClN4O4. The van der Waals surface area contributed by atoms with Crippen LogP contribution < -0.4 is 23.2 Å². The molecule has 8 nitrogen and oxygen atoms in total. The van der Waals surface area contributed by atoms with Gasteiger partial charge in [0.25, 0.3) is 0 Å². The minimum atomic E-state index is -4.94. The Balaban J connectivity index is 0.000000540. The molecule has 0 fully saturated rings. The number of imidazole rings is 1. The molecule has 0 unspecified atom stereocenters. The monoisotopic (exact) mass is 524 g/mol. The molecule has 0 aliphatic rings. The van der Waals surface area contributed by atoms with Gasteiger partial charge in [0.05, 0.1) is 11.0 Å². The third-order valence-electron chi connectivity index (χ3n) is 5.75. The fraction of sp³-hybridized carbons (Fsp3) is 0. The summed E-state index contributed by atoms with van der Waals surface area (Å²) >= 11 is 0. The van der Waals surface area contributed by atoms with Gasteiger partial charge in [0, 0.05) is 11.6 Å². The Labute approximate surface area is 220 Å². The Morgan fingerprint density at radius 2 is 1.18 bits per heavy atom. The zero-order valence-electron chi connectivity index (χ0n) is 19.9.